The molecule has 1 aliphatic rings. The van der Waals surface area contributed by atoms with Gasteiger partial charge in [-0.2, -0.15) is 0 Å². The van der Waals surface area contributed by atoms with Crippen molar-refractivity contribution < 1.29 is 24.1 Å². The molecule has 0 bridgehead atoms. The number of nitrogens with zero attached hydrogens (tertiary/aromatic N) is 1. The smallest absolute Gasteiger partial charge is 0.412 e. The summed E-state index contributed by atoms with van der Waals surface area (Å²) < 4.78 is 16.3. The van der Waals surface area contributed by atoms with Crippen LogP contribution in [0.25, 0.3) is 11.1 Å². The van der Waals surface area contributed by atoms with Crippen LogP contribution in [0.4, 0.5) is 4.79 Å². The third-order valence-corrected chi connectivity index (χ3v) is 5.23. The number of nitrogens with one attached hydrogen (secondary N) is 1. The fourth-order valence-electron chi connectivity index (χ4n) is 3.65. The van der Waals surface area contributed by atoms with Gasteiger partial charge in [0.25, 0.3) is 6.02 Å². The molecule has 2 N–H and O–H groups in total. The molecule has 31 heavy (non-hydrogen) atoms. The highest BCUT2D eigenvalue weighted by molar-refractivity contribution is 5.91. The minimum atomic E-state index is -1.23. The van der Waals surface area contributed by atoms with Gasteiger partial charge in [-0.15, -0.1) is 0 Å². The SMILES string of the molecule is COc1ccc(C2(c3cccc(-c4cccc(OC)c4)c3)COC(NC(=O)O)=N2)cc1. The van der Waals surface area contributed by atoms with E-state index in [4.69, 9.17) is 19.3 Å². The molecule has 158 valence electrons. The predicted molar refractivity (Wildman–Crippen MR) is 117 cm³/mol. The Bertz CT molecular complexity index is 1130. The Hall–Kier alpha value is -4.00. The number of hydrogen-bond donors (Lipinski definition) is 2. The molecule has 4 rings (SSSR count). The maximum atomic E-state index is 11.1. The Balaban J connectivity index is 1.82. The maximum Gasteiger partial charge on any atom is 0.412 e. The van der Waals surface area contributed by atoms with Crippen molar-refractivity contribution in [2.45, 2.75) is 5.54 Å². The minimum Gasteiger partial charge on any atom is -0.497 e. The number of aliphatic imine (C=N–C) groups is 1. The van der Waals surface area contributed by atoms with Crippen molar-refractivity contribution in [3.63, 3.8) is 0 Å². The fraction of sp³-hybridized carbons (Fsp3) is 0.167. The molecule has 0 spiro atoms. The first-order valence-electron chi connectivity index (χ1n) is 9.66. The molecule has 1 amide bonds. The summed E-state index contributed by atoms with van der Waals surface area (Å²) in [5.74, 6) is 1.48. The van der Waals surface area contributed by atoms with Gasteiger partial charge >= 0.3 is 6.09 Å². The van der Waals surface area contributed by atoms with Gasteiger partial charge in [-0.25, -0.2) is 15.1 Å². The van der Waals surface area contributed by atoms with Crippen LogP contribution in [0.1, 0.15) is 11.1 Å². The van der Waals surface area contributed by atoms with Crippen molar-refractivity contribution in [2.24, 2.45) is 4.99 Å². The summed E-state index contributed by atoms with van der Waals surface area (Å²) in [5.41, 5.74) is 2.81. The highest BCUT2D eigenvalue weighted by Gasteiger charge is 2.41. The first-order valence-corrected chi connectivity index (χ1v) is 9.66. The quantitative estimate of drug-likeness (QED) is 0.646. The van der Waals surface area contributed by atoms with Gasteiger partial charge in [0.1, 0.15) is 18.1 Å². The molecule has 1 aliphatic heterocycles. The Kier molecular flexibility index (Phi) is 5.49. The van der Waals surface area contributed by atoms with E-state index >= 15 is 0 Å². The predicted octanol–water partition coefficient (Wildman–Crippen LogP) is 4.27. The molecule has 1 unspecified atom stereocenters. The van der Waals surface area contributed by atoms with Crippen LogP contribution in [0, 0.1) is 0 Å². The van der Waals surface area contributed by atoms with Crippen molar-refractivity contribution in [3.8, 4) is 22.6 Å². The van der Waals surface area contributed by atoms with Crippen molar-refractivity contribution >= 4 is 12.1 Å². The van der Waals surface area contributed by atoms with Crippen molar-refractivity contribution in [2.75, 3.05) is 20.8 Å². The zero-order valence-corrected chi connectivity index (χ0v) is 17.2. The monoisotopic (exact) mass is 418 g/mol. The van der Waals surface area contributed by atoms with E-state index in [2.05, 4.69) is 10.3 Å². The lowest BCUT2D eigenvalue weighted by Crippen LogP contribution is -2.28. The van der Waals surface area contributed by atoms with Crippen molar-refractivity contribution in [3.05, 3.63) is 83.9 Å². The number of carboxylic acid groups (broad SMARTS) is 1. The largest absolute Gasteiger partial charge is 0.497 e. The molecule has 0 radical (unpaired) electrons. The lowest BCUT2D eigenvalue weighted by atomic mass is 9.83. The molecule has 1 heterocycles. The number of rotatable bonds is 5. The average molecular weight is 418 g/mol. The van der Waals surface area contributed by atoms with Crippen LogP contribution in [-0.2, 0) is 10.3 Å². The molecule has 7 heteroatoms. The number of ether oxygens (including phenoxy) is 3. The summed E-state index contributed by atoms with van der Waals surface area (Å²) in [6, 6.07) is 23.2. The summed E-state index contributed by atoms with van der Waals surface area (Å²) in [6.07, 6.45) is -1.23. The van der Waals surface area contributed by atoms with E-state index in [0.717, 1.165) is 33.8 Å². The molecule has 7 nitrogen and oxygen atoms in total. The number of methoxy groups -OCH3 is 2. The standard InChI is InChI=1S/C24H22N2O5/c1-29-20-11-9-18(10-12-20)24(15-31-22(26-24)25-23(27)28)19-7-3-5-16(13-19)17-6-4-8-21(14-17)30-2/h3-14H,15H2,1-2H3,(H,25,26)(H,27,28). The maximum absolute atomic E-state index is 11.1. The second-order valence-corrected chi connectivity index (χ2v) is 7.04. The van der Waals surface area contributed by atoms with E-state index in [9.17, 15) is 4.79 Å². The van der Waals surface area contributed by atoms with Crippen LogP contribution >= 0.6 is 0 Å². The third kappa shape index (κ3) is 4.02. The molecule has 1 atom stereocenters. The van der Waals surface area contributed by atoms with Gasteiger partial charge in [0, 0.05) is 0 Å². The zero-order chi connectivity index (χ0) is 21.8. The van der Waals surface area contributed by atoms with Gasteiger partial charge in [-0.05, 0) is 52.6 Å². The van der Waals surface area contributed by atoms with Gasteiger partial charge in [-0.3, -0.25) is 0 Å². The topological polar surface area (TPSA) is 89.4 Å². The van der Waals surface area contributed by atoms with Crippen molar-refractivity contribution in [1.82, 2.24) is 5.32 Å². The summed E-state index contributed by atoms with van der Waals surface area (Å²) >= 11 is 0. The van der Waals surface area contributed by atoms with Crippen LogP contribution in [0.2, 0.25) is 0 Å². The second kappa shape index (κ2) is 8.39. The zero-order valence-electron chi connectivity index (χ0n) is 17.2. The normalized spacial score (nSPS) is 17.4. The molecule has 0 aromatic heterocycles. The van der Waals surface area contributed by atoms with Gasteiger partial charge in [-0.1, -0.05) is 42.5 Å². The number of amides is 1. The third-order valence-electron chi connectivity index (χ3n) is 5.23. The fourth-order valence-corrected chi connectivity index (χ4v) is 3.65. The average Bonchev–Trinajstić information content (AvgIpc) is 3.23. The molecular weight excluding hydrogens is 396 g/mol. The van der Waals surface area contributed by atoms with E-state index in [1.165, 1.54) is 0 Å². The highest BCUT2D eigenvalue weighted by Crippen LogP contribution is 2.40. The van der Waals surface area contributed by atoms with E-state index in [-0.39, 0.29) is 12.6 Å². The molecule has 0 saturated heterocycles. The number of benzene rings is 3. The lowest BCUT2D eigenvalue weighted by Gasteiger charge is -2.26. The van der Waals surface area contributed by atoms with Crippen LogP contribution in [0.15, 0.2) is 77.8 Å². The van der Waals surface area contributed by atoms with Crippen LogP contribution in [0.3, 0.4) is 0 Å². The Labute approximate surface area is 179 Å². The van der Waals surface area contributed by atoms with E-state index in [0.29, 0.717) is 0 Å². The summed E-state index contributed by atoms with van der Waals surface area (Å²) in [6.45, 7) is 0.163. The molecular formula is C24H22N2O5. The first kappa shape index (κ1) is 20.3. The van der Waals surface area contributed by atoms with E-state index in [1.807, 2.05) is 72.8 Å². The molecule has 3 aromatic carbocycles. The van der Waals surface area contributed by atoms with Gasteiger partial charge in [0.2, 0.25) is 0 Å². The Morgan fingerprint density at radius 1 is 0.935 bits per heavy atom. The molecule has 0 saturated carbocycles. The number of amidine groups is 1. The Morgan fingerprint density at radius 2 is 1.61 bits per heavy atom. The van der Waals surface area contributed by atoms with Gasteiger partial charge in [0.05, 0.1) is 14.2 Å². The van der Waals surface area contributed by atoms with E-state index in [1.54, 1.807) is 14.2 Å². The summed E-state index contributed by atoms with van der Waals surface area (Å²) in [7, 11) is 3.24. The molecule has 0 fully saturated rings. The van der Waals surface area contributed by atoms with Crippen LogP contribution < -0.4 is 14.8 Å². The van der Waals surface area contributed by atoms with Gasteiger partial charge < -0.3 is 19.3 Å². The molecule has 3 aromatic rings. The lowest BCUT2D eigenvalue weighted by molar-refractivity contribution is 0.195. The first-order chi connectivity index (χ1) is 15.0. The van der Waals surface area contributed by atoms with Gasteiger partial charge in [0.15, 0.2) is 5.54 Å². The highest BCUT2D eigenvalue weighted by atomic mass is 16.5. The summed E-state index contributed by atoms with van der Waals surface area (Å²) in [4.78, 5) is 15.8. The minimum absolute atomic E-state index is 0.0323. The van der Waals surface area contributed by atoms with E-state index < -0.39 is 11.6 Å². The second-order valence-electron chi connectivity index (χ2n) is 7.04. The van der Waals surface area contributed by atoms with Crippen LogP contribution in [0.5, 0.6) is 11.5 Å². The number of hydrogen-bond acceptors (Lipinski definition) is 5. The Morgan fingerprint density at radius 3 is 2.29 bits per heavy atom. The molecule has 0 aliphatic carbocycles. The number of carbonyl (C=O) groups is 1. The summed E-state index contributed by atoms with van der Waals surface area (Å²) in [5, 5.41) is 11.3. The van der Waals surface area contributed by atoms with Crippen molar-refractivity contribution in [1.29, 1.82) is 0 Å². The van der Waals surface area contributed by atoms with Crippen LogP contribution in [-0.4, -0.2) is 38.0 Å².